The van der Waals surface area contributed by atoms with Crippen LogP contribution in [-0.2, 0) is 9.59 Å². The Bertz CT molecular complexity index is 557. The lowest BCUT2D eigenvalue weighted by molar-refractivity contribution is -0.385. The fourth-order valence-corrected chi connectivity index (χ4v) is 2.00. The number of imide groups is 1. The molecule has 2 heterocycles. The Kier molecular flexibility index (Phi) is 3.92. The van der Waals surface area contributed by atoms with Crippen LogP contribution in [-0.4, -0.2) is 39.7 Å². The minimum absolute atomic E-state index is 0.0413. The SMILES string of the molecule is Cc1cc(NCCN2C(=O)CCC2=O)ncc1[N+](=O)[O-]. The number of anilines is 1. The molecule has 1 saturated heterocycles. The summed E-state index contributed by atoms with van der Waals surface area (Å²) in [4.78, 5) is 38.1. The van der Waals surface area contributed by atoms with Crippen LogP contribution in [0.1, 0.15) is 18.4 Å². The number of carbonyl (C=O) groups is 2. The second kappa shape index (κ2) is 5.64. The third kappa shape index (κ3) is 2.90. The molecule has 20 heavy (non-hydrogen) atoms. The lowest BCUT2D eigenvalue weighted by Crippen LogP contribution is -2.33. The maximum Gasteiger partial charge on any atom is 0.290 e. The van der Waals surface area contributed by atoms with Crippen molar-refractivity contribution in [2.45, 2.75) is 19.8 Å². The summed E-state index contributed by atoms with van der Waals surface area (Å²) in [5.74, 6) is 0.154. The van der Waals surface area contributed by atoms with Crippen molar-refractivity contribution in [2.24, 2.45) is 0 Å². The fourth-order valence-electron chi connectivity index (χ4n) is 2.00. The van der Waals surface area contributed by atoms with Gasteiger partial charge in [0.15, 0.2) is 0 Å². The number of carbonyl (C=O) groups excluding carboxylic acids is 2. The molecule has 1 aliphatic heterocycles. The van der Waals surface area contributed by atoms with Gasteiger partial charge in [0.1, 0.15) is 12.0 Å². The van der Waals surface area contributed by atoms with Crippen molar-refractivity contribution < 1.29 is 14.5 Å². The second-order valence-electron chi connectivity index (χ2n) is 4.48. The Morgan fingerprint density at radius 3 is 2.60 bits per heavy atom. The molecule has 1 fully saturated rings. The van der Waals surface area contributed by atoms with Crippen molar-refractivity contribution in [2.75, 3.05) is 18.4 Å². The van der Waals surface area contributed by atoms with Gasteiger partial charge in [0.2, 0.25) is 11.8 Å². The van der Waals surface area contributed by atoms with E-state index in [1.807, 2.05) is 0 Å². The summed E-state index contributed by atoms with van der Waals surface area (Å²) in [6.45, 7) is 2.26. The van der Waals surface area contributed by atoms with Gasteiger partial charge in [-0.15, -0.1) is 0 Å². The highest BCUT2D eigenvalue weighted by Crippen LogP contribution is 2.18. The van der Waals surface area contributed by atoms with Gasteiger partial charge in [0.25, 0.3) is 5.69 Å². The Morgan fingerprint density at radius 2 is 2.05 bits per heavy atom. The van der Waals surface area contributed by atoms with E-state index >= 15 is 0 Å². The summed E-state index contributed by atoms with van der Waals surface area (Å²) < 4.78 is 0. The van der Waals surface area contributed by atoms with Crippen molar-refractivity contribution in [3.05, 3.63) is 27.9 Å². The predicted molar refractivity (Wildman–Crippen MR) is 70.1 cm³/mol. The van der Waals surface area contributed by atoms with E-state index in [-0.39, 0.29) is 36.9 Å². The summed E-state index contributed by atoms with van der Waals surface area (Å²) in [5.41, 5.74) is 0.460. The molecule has 0 saturated carbocycles. The molecular weight excluding hydrogens is 264 g/mol. The van der Waals surface area contributed by atoms with Gasteiger partial charge in [0, 0.05) is 31.5 Å². The number of nitro groups is 1. The maximum absolute atomic E-state index is 11.4. The molecule has 0 aromatic carbocycles. The second-order valence-corrected chi connectivity index (χ2v) is 4.48. The first kappa shape index (κ1) is 13.9. The molecular formula is C12H14N4O4. The van der Waals surface area contributed by atoms with E-state index in [9.17, 15) is 19.7 Å². The van der Waals surface area contributed by atoms with Crippen molar-refractivity contribution in [1.82, 2.24) is 9.88 Å². The van der Waals surface area contributed by atoms with Crippen LogP contribution in [0.25, 0.3) is 0 Å². The molecule has 1 aliphatic rings. The van der Waals surface area contributed by atoms with Gasteiger partial charge in [-0.2, -0.15) is 0 Å². The van der Waals surface area contributed by atoms with Gasteiger partial charge < -0.3 is 5.32 Å². The lowest BCUT2D eigenvalue weighted by atomic mass is 10.2. The molecule has 1 N–H and O–H groups in total. The predicted octanol–water partition coefficient (Wildman–Crippen LogP) is 0.859. The van der Waals surface area contributed by atoms with Crippen molar-refractivity contribution in [3.63, 3.8) is 0 Å². The normalized spacial score (nSPS) is 14.8. The largest absolute Gasteiger partial charge is 0.368 e. The summed E-state index contributed by atoms with van der Waals surface area (Å²) in [6.07, 6.45) is 1.73. The molecule has 8 heteroatoms. The number of nitrogens with one attached hydrogen (secondary N) is 1. The fraction of sp³-hybridized carbons (Fsp3) is 0.417. The van der Waals surface area contributed by atoms with Crippen LogP contribution in [0.15, 0.2) is 12.3 Å². The summed E-state index contributed by atoms with van der Waals surface area (Å²) in [7, 11) is 0. The van der Waals surface area contributed by atoms with Crippen LogP contribution in [0.3, 0.4) is 0 Å². The van der Waals surface area contributed by atoms with Gasteiger partial charge in [-0.3, -0.25) is 24.6 Å². The Hall–Kier alpha value is -2.51. The molecule has 1 aromatic rings. The molecule has 0 bridgehead atoms. The van der Waals surface area contributed by atoms with E-state index < -0.39 is 4.92 Å². The zero-order chi connectivity index (χ0) is 14.7. The molecule has 0 radical (unpaired) electrons. The van der Waals surface area contributed by atoms with Crippen LogP contribution in [0, 0.1) is 17.0 Å². The summed E-state index contributed by atoms with van der Waals surface area (Å²) in [6, 6.07) is 1.56. The number of nitrogens with zero attached hydrogens (tertiary/aromatic N) is 3. The number of aromatic nitrogens is 1. The van der Waals surface area contributed by atoms with E-state index in [2.05, 4.69) is 10.3 Å². The van der Waals surface area contributed by atoms with Crippen LogP contribution in [0.5, 0.6) is 0 Å². The molecule has 0 unspecified atom stereocenters. The standard InChI is InChI=1S/C12H14N4O4/c1-8-6-10(14-7-9(8)16(19)20)13-4-5-15-11(17)2-3-12(15)18/h6-7H,2-5H2,1H3,(H,13,14). The first-order valence-corrected chi connectivity index (χ1v) is 6.17. The molecule has 0 atom stereocenters. The number of hydrogen-bond donors (Lipinski definition) is 1. The van der Waals surface area contributed by atoms with Crippen molar-refractivity contribution in [1.29, 1.82) is 0 Å². The van der Waals surface area contributed by atoms with E-state index in [1.165, 1.54) is 11.1 Å². The minimum Gasteiger partial charge on any atom is -0.368 e. The summed E-state index contributed by atoms with van der Waals surface area (Å²) >= 11 is 0. The third-order valence-corrected chi connectivity index (χ3v) is 3.08. The Balaban J connectivity index is 1.91. The zero-order valence-electron chi connectivity index (χ0n) is 11.0. The lowest BCUT2D eigenvalue weighted by Gasteiger charge is -2.14. The van der Waals surface area contributed by atoms with Crippen LogP contribution in [0.2, 0.25) is 0 Å². The maximum atomic E-state index is 11.4. The molecule has 106 valence electrons. The van der Waals surface area contributed by atoms with Gasteiger partial charge in [-0.1, -0.05) is 0 Å². The topological polar surface area (TPSA) is 105 Å². The van der Waals surface area contributed by atoms with Crippen molar-refractivity contribution in [3.8, 4) is 0 Å². The average molecular weight is 278 g/mol. The molecule has 2 rings (SSSR count). The van der Waals surface area contributed by atoms with E-state index in [0.29, 0.717) is 17.9 Å². The smallest absolute Gasteiger partial charge is 0.290 e. The Labute approximate surface area is 114 Å². The number of likely N-dealkylation sites (tertiary alicyclic amines) is 1. The van der Waals surface area contributed by atoms with Gasteiger partial charge >= 0.3 is 0 Å². The molecule has 2 amide bonds. The number of pyridine rings is 1. The Morgan fingerprint density at radius 1 is 1.40 bits per heavy atom. The van der Waals surface area contributed by atoms with Gasteiger partial charge in [-0.25, -0.2) is 4.98 Å². The number of amides is 2. The first-order valence-electron chi connectivity index (χ1n) is 6.17. The van der Waals surface area contributed by atoms with E-state index in [1.54, 1.807) is 13.0 Å². The highest BCUT2D eigenvalue weighted by molar-refractivity contribution is 6.01. The van der Waals surface area contributed by atoms with E-state index in [0.717, 1.165) is 0 Å². The quantitative estimate of drug-likeness (QED) is 0.486. The number of aryl methyl sites for hydroxylation is 1. The molecule has 0 spiro atoms. The minimum atomic E-state index is -0.492. The third-order valence-electron chi connectivity index (χ3n) is 3.08. The van der Waals surface area contributed by atoms with E-state index in [4.69, 9.17) is 0 Å². The average Bonchev–Trinajstić information content (AvgIpc) is 2.70. The van der Waals surface area contributed by atoms with Crippen molar-refractivity contribution >= 4 is 23.3 Å². The molecule has 1 aromatic heterocycles. The van der Waals surface area contributed by atoms with Gasteiger partial charge in [-0.05, 0) is 13.0 Å². The molecule has 0 aliphatic carbocycles. The van der Waals surface area contributed by atoms with Crippen LogP contribution >= 0.6 is 0 Å². The highest BCUT2D eigenvalue weighted by Gasteiger charge is 2.28. The number of hydrogen-bond acceptors (Lipinski definition) is 6. The number of rotatable bonds is 5. The van der Waals surface area contributed by atoms with Gasteiger partial charge in [0.05, 0.1) is 4.92 Å². The van der Waals surface area contributed by atoms with Crippen LogP contribution < -0.4 is 5.32 Å². The summed E-state index contributed by atoms with van der Waals surface area (Å²) in [5, 5.41) is 13.6. The molecule has 8 nitrogen and oxygen atoms in total. The first-order chi connectivity index (χ1) is 9.49. The monoisotopic (exact) mass is 278 g/mol. The van der Waals surface area contributed by atoms with Crippen LogP contribution in [0.4, 0.5) is 11.5 Å². The zero-order valence-corrected chi connectivity index (χ0v) is 11.0. The highest BCUT2D eigenvalue weighted by atomic mass is 16.6.